The molecule has 0 spiro atoms. The fourth-order valence-corrected chi connectivity index (χ4v) is 1.49. The molecule has 17 heavy (non-hydrogen) atoms. The number of nitrogens with one attached hydrogen (secondary N) is 1. The van der Waals surface area contributed by atoms with E-state index in [1.807, 2.05) is 12.1 Å². The van der Waals surface area contributed by atoms with Crippen LogP contribution in [0.3, 0.4) is 0 Å². The number of hydrogen-bond acceptors (Lipinski definition) is 3. The molecule has 0 aliphatic rings. The molecule has 0 saturated heterocycles. The van der Waals surface area contributed by atoms with Crippen LogP contribution < -0.4 is 11.1 Å². The Morgan fingerprint density at radius 1 is 1.35 bits per heavy atom. The molecule has 0 fully saturated rings. The molecule has 94 valence electrons. The average Bonchev–Trinajstić information content (AvgIpc) is 2.26. The molecule has 1 unspecified atom stereocenters. The van der Waals surface area contributed by atoms with Crippen LogP contribution in [0, 0.1) is 11.8 Å². The average molecular weight is 234 g/mol. The minimum Gasteiger partial charge on any atom is -0.398 e. The predicted octanol–water partition coefficient (Wildman–Crippen LogP) is 3.18. The highest BCUT2D eigenvalue weighted by Crippen LogP contribution is 2.19. The second kappa shape index (κ2) is 5.71. The van der Waals surface area contributed by atoms with E-state index in [4.69, 9.17) is 5.73 Å². The van der Waals surface area contributed by atoms with Gasteiger partial charge in [-0.1, -0.05) is 20.8 Å². The van der Waals surface area contributed by atoms with Gasteiger partial charge in [0.15, 0.2) is 5.78 Å². The van der Waals surface area contributed by atoms with E-state index in [9.17, 15) is 4.79 Å². The highest BCUT2D eigenvalue weighted by atomic mass is 16.1. The fourth-order valence-electron chi connectivity index (χ4n) is 1.49. The monoisotopic (exact) mass is 234 g/mol. The summed E-state index contributed by atoms with van der Waals surface area (Å²) in [5.74, 6) is 1.24. The maximum Gasteiger partial charge on any atom is 0.161 e. The van der Waals surface area contributed by atoms with Crippen LogP contribution in [0.2, 0.25) is 0 Å². The summed E-state index contributed by atoms with van der Waals surface area (Å²) in [5.41, 5.74) is 7.83. The lowest BCUT2D eigenvalue weighted by atomic mass is 9.98. The van der Waals surface area contributed by atoms with Gasteiger partial charge in [0.05, 0.1) is 0 Å². The molecule has 1 aromatic rings. The molecule has 0 aliphatic carbocycles. The molecular formula is C14H22N2O. The van der Waals surface area contributed by atoms with E-state index in [0.29, 0.717) is 23.1 Å². The van der Waals surface area contributed by atoms with Crippen molar-refractivity contribution in [2.45, 2.75) is 27.7 Å². The van der Waals surface area contributed by atoms with Crippen LogP contribution in [0.15, 0.2) is 18.2 Å². The molecule has 0 saturated carbocycles. The van der Waals surface area contributed by atoms with E-state index >= 15 is 0 Å². The first-order valence-corrected chi connectivity index (χ1v) is 6.06. The van der Waals surface area contributed by atoms with Crippen LogP contribution in [0.1, 0.15) is 38.1 Å². The lowest BCUT2D eigenvalue weighted by molar-refractivity contribution is 0.101. The molecule has 0 aliphatic heterocycles. The molecule has 3 nitrogen and oxygen atoms in total. The molecule has 0 radical (unpaired) electrons. The van der Waals surface area contributed by atoms with Gasteiger partial charge in [0.2, 0.25) is 0 Å². The molecule has 1 aromatic carbocycles. The number of ketones is 1. The summed E-state index contributed by atoms with van der Waals surface area (Å²) in [7, 11) is 0. The molecule has 0 amide bonds. The van der Waals surface area contributed by atoms with Crippen molar-refractivity contribution in [3.63, 3.8) is 0 Å². The fraction of sp³-hybridized carbons (Fsp3) is 0.500. The molecule has 0 aromatic heterocycles. The largest absolute Gasteiger partial charge is 0.398 e. The molecular weight excluding hydrogens is 212 g/mol. The SMILES string of the molecule is CC(=O)c1cc(NCC(C)C(C)C)ccc1N. The summed E-state index contributed by atoms with van der Waals surface area (Å²) in [6, 6.07) is 5.51. The first kappa shape index (κ1) is 13.6. The first-order valence-electron chi connectivity index (χ1n) is 6.06. The van der Waals surface area contributed by atoms with Gasteiger partial charge in [0.1, 0.15) is 0 Å². The number of hydrogen-bond donors (Lipinski definition) is 2. The Hall–Kier alpha value is -1.51. The van der Waals surface area contributed by atoms with Gasteiger partial charge in [-0.3, -0.25) is 4.79 Å². The summed E-state index contributed by atoms with van der Waals surface area (Å²) in [6.07, 6.45) is 0. The summed E-state index contributed by atoms with van der Waals surface area (Å²) >= 11 is 0. The third kappa shape index (κ3) is 3.77. The van der Waals surface area contributed by atoms with Crippen LogP contribution in [0.25, 0.3) is 0 Å². The number of carbonyl (C=O) groups is 1. The quantitative estimate of drug-likeness (QED) is 0.607. The number of nitrogens with two attached hydrogens (primary N) is 1. The Morgan fingerprint density at radius 3 is 2.53 bits per heavy atom. The van der Waals surface area contributed by atoms with Crippen molar-refractivity contribution >= 4 is 17.2 Å². The molecule has 1 atom stereocenters. The van der Waals surface area contributed by atoms with E-state index in [2.05, 4.69) is 26.1 Å². The predicted molar refractivity (Wildman–Crippen MR) is 73.4 cm³/mol. The van der Waals surface area contributed by atoms with Crippen molar-refractivity contribution in [3.05, 3.63) is 23.8 Å². The minimum atomic E-state index is 0.00283. The highest BCUT2D eigenvalue weighted by Gasteiger charge is 2.08. The van der Waals surface area contributed by atoms with Crippen LogP contribution in [-0.2, 0) is 0 Å². The number of benzene rings is 1. The van der Waals surface area contributed by atoms with Gasteiger partial charge in [-0.2, -0.15) is 0 Å². The Bertz CT molecular complexity index is 399. The Morgan fingerprint density at radius 2 is 2.00 bits per heavy atom. The van der Waals surface area contributed by atoms with Gasteiger partial charge in [0, 0.05) is 23.5 Å². The zero-order chi connectivity index (χ0) is 13.0. The lowest BCUT2D eigenvalue weighted by Gasteiger charge is -2.17. The number of nitrogen functional groups attached to an aromatic ring is 1. The highest BCUT2D eigenvalue weighted by molar-refractivity contribution is 5.99. The third-order valence-electron chi connectivity index (χ3n) is 3.20. The Kier molecular flexibility index (Phi) is 4.55. The van der Waals surface area contributed by atoms with E-state index in [-0.39, 0.29) is 5.78 Å². The van der Waals surface area contributed by atoms with Crippen LogP contribution in [0.4, 0.5) is 11.4 Å². The third-order valence-corrected chi connectivity index (χ3v) is 3.20. The van der Waals surface area contributed by atoms with Crippen molar-refractivity contribution in [2.75, 3.05) is 17.6 Å². The smallest absolute Gasteiger partial charge is 0.161 e. The number of Topliss-reactive ketones (excluding diaryl/α,β-unsaturated/α-hetero) is 1. The van der Waals surface area contributed by atoms with Crippen LogP contribution >= 0.6 is 0 Å². The van der Waals surface area contributed by atoms with Gasteiger partial charge in [-0.15, -0.1) is 0 Å². The van der Waals surface area contributed by atoms with Gasteiger partial charge in [-0.25, -0.2) is 0 Å². The van der Waals surface area contributed by atoms with Gasteiger partial charge < -0.3 is 11.1 Å². The summed E-state index contributed by atoms with van der Waals surface area (Å²) in [4.78, 5) is 11.4. The molecule has 3 N–H and O–H groups in total. The van der Waals surface area contributed by atoms with E-state index in [1.165, 1.54) is 6.92 Å². The molecule has 1 rings (SSSR count). The van der Waals surface area contributed by atoms with Gasteiger partial charge in [0.25, 0.3) is 0 Å². The van der Waals surface area contributed by atoms with Crippen LogP contribution in [0.5, 0.6) is 0 Å². The Balaban J connectivity index is 2.73. The second-order valence-electron chi connectivity index (χ2n) is 4.96. The number of carbonyl (C=O) groups excluding carboxylic acids is 1. The molecule has 0 heterocycles. The molecule has 3 heteroatoms. The molecule has 0 bridgehead atoms. The normalized spacial score (nSPS) is 12.5. The van der Waals surface area contributed by atoms with E-state index in [0.717, 1.165) is 12.2 Å². The number of rotatable bonds is 5. The number of anilines is 2. The Labute approximate surface area is 103 Å². The van der Waals surface area contributed by atoms with Crippen molar-refractivity contribution in [2.24, 2.45) is 11.8 Å². The van der Waals surface area contributed by atoms with Crippen molar-refractivity contribution < 1.29 is 4.79 Å². The van der Waals surface area contributed by atoms with Gasteiger partial charge >= 0.3 is 0 Å². The van der Waals surface area contributed by atoms with Crippen molar-refractivity contribution in [1.29, 1.82) is 0 Å². The maximum absolute atomic E-state index is 11.4. The van der Waals surface area contributed by atoms with Crippen molar-refractivity contribution in [3.8, 4) is 0 Å². The first-order chi connectivity index (χ1) is 7.91. The zero-order valence-electron chi connectivity index (χ0n) is 11.1. The summed E-state index contributed by atoms with van der Waals surface area (Å²) < 4.78 is 0. The minimum absolute atomic E-state index is 0.00283. The van der Waals surface area contributed by atoms with Crippen LogP contribution in [-0.4, -0.2) is 12.3 Å². The van der Waals surface area contributed by atoms with Crippen molar-refractivity contribution in [1.82, 2.24) is 0 Å². The summed E-state index contributed by atoms with van der Waals surface area (Å²) in [5, 5.41) is 3.34. The second-order valence-corrected chi connectivity index (χ2v) is 4.96. The lowest BCUT2D eigenvalue weighted by Crippen LogP contribution is -2.16. The maximum atomic E-state index is 11.4. The summed E-state index contributed by atoms with van der Waals surface area (Å²) in [6.45, 7) is 9.05. The standard InChI is InChI=1S/C14H22N2O/c1-9(2)10(3)8-16-12-5-6-14(15)13(7-12)11(4)17/h5-7,9-10,16H,8,15H2,1-4H3. The van der Waals surface area contributed by atoms with E-state index < -0.39 is 0 Å². The topological polar surface area (TPSA) is 55.1 Å². The van der Waals surface area contributed by atoms with E-state index in [1.54, 1.807) is 6.07 Å². The van der Waals surface area contributed by atoms with Gasteiger partial charge in [-0.05, 0) is 37.0 Å². The zero-order valence-corrected chi connectivity index (χ0v) is 11.1.